The van der Waals surface area contributed by atoms with Gasteiger partial charge in [-0.3, -0.25) is 4.79 Å². The van der Waals surface area contributed by atoms with Crippen molar-refractivity contribution in [2.24, 2.45) is 0 Å². The first-order chi connectivity index (χ1) is 8.65. The molecule has 2 atom stereocenters. The number of amides is 1. The van der Waals surface area contributed by atoms with Crippen LogP contribution in [0.25, 0.3) is 0 Å². The summed E-state index contributed by atoms with van der Waals surface area (Å²) in [5, 5.41) is 1.90. The number of hydrogen-bond acceptors (Lipinski definition) is 3. The highest BCUT2D eigenvalue weighted by Gasteiger charge is 2.30. The van der Waals surface area contributed by atoms with E-state index in [0.717, 1.165) is 12.8 Å². The molecule has 0 radical (unpaired) electrons. The molecular formula is C13H18BrNO2S. The van der Waals surface area contributed by atoms with E-state index in [-0.39, 0.29) is 11.9 Å². The number of alkyl halides is 1. The van der Waals surface area contributed by atoms with Crippen molar-refractivity contribution in [2.45, 2.75) is 36.6 Å². The third-order valence-corrected chi connectivity index (χ3v) is 5.46. The van der Waals surface area contributed by atoms with Crippen molar-refractivity contribution >= 4 is 33.2 Å². The zero-order valence-corrected chi connectivity index (χ0v) is 13.1. The van der Waals surface area contributed by atoms with Crippen molar-refractivity contribution in [3.63, 3.8) is 0 Å². The quantitative estimate of drug-likeness (QED) is 0.793. The lowest BCUT2D eigenvalue weighted by atomic mass is 9.94. The molecule has 18 heavy (non-hydrogen) atoms. The van der Waals surface area contributed by atoms with Crippen molar-refractivity contribution < 1.29 is 9.53 Å². The Kier molecular flexibility index (Phi) is 4.67. The van der Waals surface area contributed by atoms with E-state index in [0.29, 0.717) is 15.5 Å². The topological polar surface area (TPSA) is 29.5 Å². The molecule has 0 N–H and O–H groups in total. The summed E-state index contributed by atoms with van der Waals surface area (Å²) >= 11 is 5.15. The minimum absolute atomic E-state index is 0.0678. The molecular weight excluding hydrogens is 314 g/mol. The number of carbonyl (C=O) groups excluding carboxylic acids is 1. The molecule has 1 saturated carbocycles. The van der Waals surface area contributed by atoms with Crippen molar-refractivity contribution in [2.75, 3.05) is 14.2 Å². The Morgan fingerprint density at radius 1 is 1.50 bits per heavy atom. The lowest BCUT2D eigenvalue weighted by molar-refractivity contribution is 0.0706. The van der Waals surface area contributed by atoms with Crippen LogP contribution in [0.15, 0.2) is 11.4 Å². The number of ether oxygens (including phenoxy) is 1. The molecule has 0 aliphatic heterocycles. The van der Waals surface area contributed by atoms with E-state index in [4.69, 9.17) is 4.74 Å². The molecule has 1 aromatic heterocycles. The summed E-state index contributed by atoms with van der Waals surface area (Å²) in [5.74, 6) is 0.747. The summed E-state index contributed by atoms with van der Waals surface area (Å²) in [5.41, 5.74) is 0. The Morgan fingerprint density at radius 2 is 2.22 bits per heavy atom. The minimum atomic E-state index is 0.0678. The van der Waals surface area contributed by atoms with Gasteiger partial charge in [0, 0.05) is 17.9 Å². The second-order valence-corrected chi connectivity index (χ2v) is 6.69. The number of carbonyl (C=O) groups is 1. The van der Waals surface area contributed by atoms with Gasteiger partial charge in [0.1, 0.15) is 10.6 Å². The summed E-state index contributed by atoms with van der Waals surface area (Å²) in [6.07, 6.45) is 4.67. The highest BCUT2D eigenvalue weighted by molar-refractivity contribution is 9.09. The van der Waals surface area contributed by atoms with Gasteiger partial charge in [-0.2, -0.15) is 0 Å². The first-order valence-corrected chi connectivity index (χ1v) is 7.97. The van der Waals surface area contributed by atoms with Crippen LogP contribution in [0.5, 0.6) is 5.75 Å². The van der Waals surface area contributed by atoms with Gasteiger partial charge in [0.2, 0.25) is 0 Å². The third-order valence-electron chi connectivity index (χ3n) is 3.51. The molecule has 1 aliphatic carbocycles. The van der Waals surface area contributed by atoms with E-state index >= 15 is 0 Å². The van der Waals surface area contributed by atoms with Crippen LogP contribution in [-0.4, -0.2) is 35.8 Å². The largest absolute Gasteiger partial charge is 0.495 e. The van der Waals surface area contributed by atoms with Crippen molar-refractivity contribution in [1.29, 1.82) is 0 Å². The summed E-state index contributed by atoms with van der Waals surface area (Å²) < 4.78 is 5.22. The second-order valence-electron chi connectivity index (χ2n) is 4.60. The zero-order valence-electron chi connectivity index (χ0n) is 10.7. The standard InChI is InChI=1S/C13H18BrNO2S/c1-15(10-6-4-3-5-9(10)14)13(16)12-11(17-2)7-8-18-12/h7-10H,3-6H2,1-2H3. The van der Waals surface area contributed by atoms with Gasteiger partial charge in [0.25, 0.3) is 5.91 Å². The van der Waals surface area contributed by atoms with Gasteiger partial charge in [0.05, 0.1) is 7.11 Å². The van der Waals surface area contributed by atoms with Gasteiger partial charge in [-0.1, -0.05) is 28.8 Å². The first-order valence-electron chi connectivity index (χ1n) is 6.18. The van der Waals surface area contributed by atoms with E-state index in [1.807, 2.05) is 23.4 Å². The Hall–Kier alpha value is -0.550. The number of hydrogen-bond donors (Lipinski definition) is 0. The van der Waals surface area contributed by atoms with E-state index in [1.165, 1.54) is 24.2 Å². The fourth-order valence-corrected chi connectivity index (χ4v) is 4.21. The van der Waals surface area contributed by atoms with Crippen molar-refractivity contribution in [3.05, 3.63) is 16.3 Å². The second kappa shape index (κ2) is 6.06. The molecule has 0 bridgehead atoms. The molecule has 0 aromatic carbocycles. The minimum Gasteiger partial charge on any atom is -0.495 e. The molecule has 0 saturated heterocycles. The van der Waals surface area contributed by atoms with Gasteiger partial charge >= 0.3 is 0 Å². The molecule has 1 aliphatic rings. The predicted molar refractivity (Wildman–Crippen MR) is 77.9 cm³/mol. The number of halogens is 1. The maximum absolute atomic E-state index is 12.5. The van der Waals surface area contributed by atoms with Crippen molar-refractivity contribution in [3.8, 4) is 5.75 Å². The lowest BCUT2D eigenvalue weighted by Gasteiger charge is -2.35. The van der Waals surface area contributed by atoms with Crippen LogP contribution >= 0.6 is 27.3 Å². The molecule has 100 valence electrons. The molecule has 0 spiro atoms. The smallest absolute Gasteiger partial charge is 0.267 e. The van der Waals surface area contributed by atoms with Crippen LogP contribution in [0.1, 0.15) is 35.4 Å². The summed E-state index contributed by atoms with van der Waals surface area (Å²) in [6.45, 7) is 0. The highest BCUT2D eigenvalue weighted by atomic mass is 79.9. The normalized spacial score (nSPS) is 23.7. The molecule has 1 heterocycles. The van der Waals surface area contributed by atoms with Crippen LogP contribution in [0.2, 0.25) is 0 Å². The Bertz CT molecular complexity index is 421. The number of rotatable bonds is 3. The first kappa shape index (κ1) is 13.9. The van der Waals surface area contributed by atoms with Crippen LogP contribution in [-0.2, 0) is 0 Å². The van der Waals surface area contributed by atoms with Crippen LogP contribution < -0.4 is 4.74 Å². The molecule has 1 fully saturated rings. The average Bonchev–Trinajstić information content (AvgIpc) is 2.86. The molecule has 2 rings (SSSR count). The average molecular weight is 332 g/mol. The van der Waals surface area contributed by atoms with Gasteiger partial charge in [-0.15, -0.1) is 11.3 Å². The molecule has 1 amide bonds. The number of methoxy groups -OCH3 is 1. The van der Waals surface area contributed by atoms with E-state index < -0.39 is 0 Å². The fraction of sp³-hybridized carbons (Fsp3) is 0.615. The Balaban J connectivity index is 2.13. The lowest BCUT2D eigenvalue weighted by Crippen LogP contribution is -2.43. The predicted octanol–water partition coefficient (Wildman–Crippen LogP) is 3.53. The maximum atomic E-state index is 12.5. The van der Waals surface area contributed by atoms with Gasteiger partial charge in [-0.25, -0.2) is 0 Å². The monoisotopic (exact) mass is 331 g/mol. The molecule has 1 aromatic rings. The Morgan fingerprint density at radius 3 is 2.89 bits per heavy atom. The third kappa shape index (κ3) is 2.72. The van der Waals surface area contributed by atoms with Gasteiger partial charge in [-0.05, 0) is 24.3 Å². The summed E-state index contributed by atoms with van der Waals surface area (Å²) in [6, 6.07) is 2.14. The summed E-state index contributed by atoms with van der Waals surface area (Å²) in [7, 11) is 3.50. The molecule has 2 unspecified atom stereocenters. The van der Waals surface area contributed by atoms with Crippen LogP contribution in [0.4, 0.5) is 0 Å². The van der Waals surface area contributed by atoms with Crippen LogP contribution in [0, 0.1) is 0 Å². The molecule has 3 nitrogen and oxygen atoms in total. The van der Waals surface area contributed by atoms with Gasteiger partial charge < -0.3 is 9.64 Å². The Labute approximate surface area is 120 Å². The van der Waals surface area contributed by atoms with E-state index in [1.54, 1.807) is 7.11 Å². The maximum Gasteiger partial charge on any atom is 0.267 e. The SMILES string of the molecule is COc1ccsc1C(=O)N(C)C1CCCCC1Br. The fourth-order valence-electron chi connectivity index (χ4n) is 2.43. The van der Waals surface area contributed by atoms with Crippen LogP contribution in [0.3, 0.4) is 0 Å². The molecule has 5 heteroatoms. The number of thiophene rings is 1. The zero-order chi connectivity index (χ0) is 13.1. The van der Waals surface area contributed by atoms with E-state index in [2.05, 4.69) is 15.9 Å². The summed E-state index contributed by atoms with van der Waals surface area (Å²) in [4.78, 5) is 15.4. The van der Waals surface area contributed by atoms with Crippen molar-refractivity contribution in [1.82, 2.24) is 4.90 Å². The highest BCUT2D eigenvalue weighted by Crippen LogP contribution is 2.31. The number of nitrogens with zero attached hydrogens (tertiary/aromatic N) is 1. The van der Waals surface area contributed by atoms with Gasteiger partial charge in [0.15, 0.2) is 0 Å². The van der Waals surface area contributed by atoms with E-state index in [9.17, 15) is 4.79 Å².